The highest BCUT2D eigenvalue weighted by atomic mass is 16.5. The largest absolute Gasteiger partial charge is 0.508 e. The van der Waals surface area contributed by atoms with Crippen LogP contribution >= 0.6 is 0 Å². The van der Waals surface area contributed by atoms with E-state index in [0.717, 1.165) is 24.3 Å². The number of phenols is 1. The van der Waals surface area contributed by atoms with Gasteiger partial charge in [-0.05, 0) is 38.2 Å². The molecule has 0 saturated carbocycles. The molecule has 0 aliphatic heterocycles. The molecule has 15 heavy (non-hydrogen) atoms. The maximum absolute atomic E-state index is 9.33. The van der Waals surface area contributed by atoms with Gasteiger partial charge in [0, 0.05) is 5.56 Å². The van der Waals surface area contributed by atoms with Crippen molar-refractivity contribution in [2.24, 2.45) is 0 Å². The summed E-state index contributed by atoms with van der Waals surface area (Å²) in [5, 5.41) is 12.4. The van der Waals surface area contributed by atoms with Crippen molar-refractivity contribution in [1.82, 2.24) is 5.32 Å². The van der Waals surface area contributed by atoms with Gasteiger partial charge < -0.3 is 15.2 Å². The first kappa shape index (κ1) is 11.6. The summed E-state index contributed by atoms with van der Waals surface area (Å²) in [6.07, 6.45) is 4.96. The molecule has 0 aromatic heterocycles. The second-order valence-corrected chi connectivity index (χ2v) is 3.22. The smallest absolute Gasteiger partial charge is 0.126 e. The van der Waals surface area contributed by atoms with Crippen LogP contribution in [0.3, 0.4) is 0 Å². The lowest BCUT2D eigenvalue weighted by Crippen LogP contribution is -2.05. The van der Waals surface area contributed by atoms with E-state index < -0.39 is 0 Å². The summed E-state index contributed by atoms with van der Waals surface area (Å²) < 4.78 is 5.18. The van der Waals surface area contributed by atoms with E-state index in [0.29, 0.717) is 0 Å². The summed E-state index contributed by atoms with van der Waals surface area (Å²) in [6.45, 7) is 0.942. The van der Waals surface area contributed by atoms with Gasteiger partial charge in [0.2, 0.25) is 0 Å². The number of phenolic OH excluding ortho intramolecular Hbond substituents is 1. The lowest BCUT2D eigenvalue weighted by Gasteiger charge is -2.04. The minimum Gasteiger partial charge on any atom is -0.508 e. The van der Waals surface area contributed by atoms with E-state index in [1.807, 2.05) is 19.2 Å². The van der Waals surface area contributed by atoms with Gasteiger partial charge >= 0.3 is 0 Å². The van der Waals surface area contributed by atoms with Gasteiger partial charge in [-0.15, -0.1) is 0 Å². The molecule has 1 aromatic rings. The third-order valence-corrected chi connectivity index (χ3v) is 2.07. The normalized spacial score (nSPS) is 10.8. The van der Waals surface area contributed by atoms with Crippen LogP contribution < -0.4 is 10.1 Å². The van der Waals surface area contributed by atoms with Crippen molar-refractivity contribution < 1.29 is 9.84 Å². The average molecular weight is 207 g/mol. The van der Waals surface area contributed by atoms with Gasteiger partial charge in [0.25, 0.3) is 0 Å². The molecule has 0 amide bonds. The Labute approximate surface area is 90.4 Å². The first-order valence-electron chi connectivity index (χ1n) is 4.96. The maximum atomic E-state index is 9.33. The number of ether oxygens (including phenoxy) is 1. The minimum absolute atomic E-state index is 0.254. The van der Waals surface area contributed by atoms with Crippen molar-refractivity contribution in [2.45, 2.75) is 6.42 Å². The molecule has 0 aliphatic carbocycles. The third kappa shape index (κ3) is 3.64. The van der Waals surface area contributed by atoms with Gasteiger partial charge in [-0.25, -0.2) is 0 Å². The highest BCUT2D eigenvalue weighted by Gasteiger charge is 1.99. The van der Waals surface area contributed by atoms with Crippen molar-refractivity contribution in [3.63, 3.8) is 0 Å². The van der Waals surface area contributed by atoms with Crippen LogP contribution in [-0.2, 0) is 0 Å². The molecular weight excluding hydrogens is 190 g/mol. The molecule has 2 N–H and O–H groups in total. The van der Waals surface area contributed by atoms with Crippen LogP contribution in [0.4, 0.5) is 0 Å². The fourth-order valence-electron chi connectivity index (χ4n) is 1.29. The van der Waals surface area contributed by atoms with Gasteiger partial charge in [0.1, 0.15) is 11.5 Å². The molecule has 0 bridgehead atoms. The van der Waals surface area contributed by atoms with E-state index in [4.69, 9.17) is 4.74 Å². The summed E-state index contributed by atoms with van der Waals surface area (Å²) in [7, 11) is 3.54. The molecule has 0 unspecified atom stereocenters. The standard InChI is InChI=1S/C12H17NO2/c1-13-8-4-3-5-10-9-11(14)6-7-12(10)15-2/h3,5-7,9,13-14H,4,8H2,1-2H3. The Kier molecular flexibility index (Phi) is 4.71. The summed E-state index contributed by atoms with van der Waals surface area (Å²) in [4.78, 5) is 0. The monoisotopic (exact) mass is 207 g/mol. The van der Waals surface area contributed by atoms with Crippen molar-refractivity contribution in [1.29, 1.82) is 0 Å². The van der Waals surface area contributed by atoms with Crippen LogP contribution in [0.5, 0.6) is 11.5 Å². The van der Waals surface area contributed by atoms with Crippen molar-refractivity contribution in [2.75, 3.05) is 20.7 Å². The Balaban J connectivity index is 2.73. The lowest BCUT2D eigenvalue weighted by atomic mass is 10.1. The second-order valence-electron chi connectivity index (χ2n) is 3.22. The zero-order chi connectivity index (χ0) is 11.1. The Bertz CT molecular complexity index is 334. The van der Waals surface area contributed by atoms with Crippen LogP contribution in [0.15, 0.2) is 24.3 Å². The van der Waals surface area contributed by atoms with E-state index in [9.17, 15) is 5.11 Å². The number of nitrogens with one attached hydrogen (secondary N) is 1. The molecule has 0 atom stereocenters. The maximum Gasteiger partial charge on any atom is 0.126 e. The number of aromatic hydroxyl groups is 1. The van der Waals surface area contributed by atoms with E-state index >= 15 is 0 Å². The summed E-state index contributed by atoms with van der Waals surface area (Å²) >= 11 is 0. The lowest BCUT2D eigenvalue weighted by molar-refractivity contribution is 0.411. The summed E-state index contributed by atoms with van der Waals surface area (Å²) in [5.41, 5.74) is 0.897. The minimum atomic E-state index is 0.254. The molecule has 0 radical (unpaired) electrons. The molecule has 0 saturated heterocycles. The van der Waals surface area contributed by atoms with Gasteiger partial charge in [-0.2, -0.15) is 0 Å². The van der Waals surface area contributed by atoms with E-state index in [-0.39, 0.29) is 5.75 Å². The number of hydrogen-bond donors (Lipinski definition) is 2. The van der Waals surface area contributed by atoms with Gasteiger partial charge in [-0.1, -0.05) is 12.2 Å². The summed E-state index contributed by atoms with van der Waals surface area (Å²) in [5.74, 6) is 1.03. The number of hydrogen-bond acceptors (Lipinski definition) is 3. The van der Waals surface area contributed by atoms with Crippen molar-refractivity contribution in [3.05, 3.63) is 29.8 Å². The number of rotatable bonds is 5. The predicted molar refractivity (Wildman–Crippen MR) is 62.2 cm³/mol. The Morgan fingerprint density at radius 2 is 2.27 bits per heavy atom. The van der Waals surface area contributed by atoms with Crippen LogP contribution in [0.2, 0.25) is 0 Å². The Morgan fingerprint density at radius 1 is 1.47 bits per heavy atom. The van der Waals surface area contributed by atoms with E-state index in [1.165, 1.54) is 0 Å². The first-order chi connectivity index (χ1) is 7.27. The molecule has 82 valence electrons. The highest BCUT2D eigenvalue weighted by molar-refractivity contribution is 5.59. The van der Waals surface area contributed by atoms with Crippen LogP contribution in [0.1, 0.15) is 12.0 Å². The SMILES string of the molecule is CNCCC=Cc1cc(O)ccc1OC. The fourth-order valence-corrected chi connectivity index (χ4v) is 1.29. The Hall–Kier alpha value is -1.48. The number of benzene rings is 1. The molecule has 0 fully saturated rings. The molecule has 3 heteroatoms. The molecule has 1 aromatic carbocycles. The zero-order valence-electron chi connectivity index (χ0n) is 9.16. The first-order valence-corrected chi connectivity index (χ1v) is 4.96. The van der Waals surface area contributed by atoms with E-state index in [1.54, 1.807) is 25.3 Å². The predicted octanol–water partition coefficient (Wildman–Crippen LogP) is 2.02. The fraction of sp³-hybridized carbons (Fsp3) is 0.333. The molecule has 0 heterocycles. The van der Waals surface area contributed by atoms with Gasteiger partial charge in [-0.3, -0.25) is 0 Å². The van der Waals surface area contributed by atoms with Gasteiger partial charge in [0.15, 0.2) is 0 Å². The van der Waals surface area contributed by atoms with Crippen molar-refractivity contribution in [3.8, 4) is 11.5 Å². The van der Waals surface area contributed by atoms with Gasteiger partial charge in [0.05, 0.1) is 7.11 Å². The van der Waals surface area contributed by atoms with Crippen LogP contribution in [0.25, 0.3) is 6.08 Å². The van der Waals surface area contributed by atoms with Crippen LogP contribution in [-0.4, -0.2) is 25.8 Å². The molecule has 0 spiro atoms. The highest BCUT2D eigenvalue weighted by Crippen LogP contribution is 2.24. The number of methoxy groups -OCH3 is 1. The summed E-state index contributed by atoms with van der Waals surface area (Å²) in [6, 6.07) is 5.06. The molecule has 1 rings (SSSR count). The zero-order valence-corrected chi connectivity index (χ0v) is 9.16. The second kappa shape index (κ2) is 6.09. The molecule has 3 nitrogen and oxygen atoms in total. The molecule has 0 aliphatic rings. The third-order valence-electron chi connectivity index (χ3n) is 2.07. The Morgan fingerprint density at radius 3 is 2.93 bits per heavy atom. The van der Waals surface area contributed by atoms with Crippen LogP contribution in [0, 0.1) is 0 Å². The molecular formula is C12H17NO2. The quantitative estimate of drug-likeness (QED) is 0.726. The van der Waals surface area contributed by atoms with Crippen molar-refractivity contribution >= 4 is 6.08 Å². The average Bonchev–Trinajstić information content (AvgIpc) is 2.25. The topological polar surface area (TPSA) is 41.5 Å². The van der Waals surface area contributed by atoms with E-state index in [2.05, 4.69) is 5.32 Å².